The average molecular weight is 469 g/mol. The van der Waals surface area contributed by atoms with Crippen molar-refractivity contribution in [2.75, 3.05) is 7.11 Å². The molecule has 2 atom stereocenters. The Morgan fingerprint density at radius 2 is 1.35 bits per heavy atom. The van der Waals surface area contributed by atoms with Crippen molar-refractivity contribution in [3.63, 3.8) is 0 Å². The average Bonchev–Trinajstić information content (AvgIpc) is 2.58. The van der Waals surface area contributed by atoms with Crippen LogP contribution in [-0.2, 0) is 18.4 Å². The number of carbonyl (C=O) groups excluding carboxylic acids is 1. The minimum atomic E-state index is -2.00. The number of rotatable bonds is 7. The summed E-state index contributed by atoms with van der Waals surface area (Å²) in [5.41, 5.74) is 2.34. The van der Waals surface area contributed by atoms with Crippen LogP contribution in [0.5, 0.6) is 0 Å². The van der Waals surface area contributed by atoms with E-state index in [1.165, 1.54) is 12.7 Å². The van der Waals surface area contributed by atoms with Gasteiger partial charge < -0.3 is 13.6 Å². The highest BCUT2D eigenvalue weighted by Crippen LogP contribution is 2.44. The van der Waals surface area contributed by atoms with Gasteiger partial charge in [0.1, 0.15) is 0 Å². The van der Waals surface area contributed by atoms with E-state index in [1.807, 2.05) is 0 Å². The monoisotopic (exact) mass is 468 g/mol. The van der Waals surface area contributed by atoms with Crippen LogP contribution >= 0.6 is 0 Å². The van der Waals surface area contributed by atoms with Crippen LogP contribution in [0.25, 0.3) is 0 Å². The van der Waals surface area contributed by atoms with Gasteiger partial charge in [0.25, 0.3) is 0 Å². The Bertz CT molecular complexity index is 637. The number of esters is 1. The van der Waals surface area contributed by atoms with Crippen molar-refractivity contribution in [1.29, 1.82) is 0 Å². The molecule has 0 amide bonds. The van der Waals surface area contributed by atoms with E-state index in [-0.39, 0.29) is 28.3 Å². The smallest absolute Gasteiger partial charge is 0.330 e. The lowest BCUT2D eigenvalue weighted by molar-refractivity contribution is -0.134. The topological polar surface area (TPSA) is 44.8 Å². The Morgan fingerprint density at radius 3 is 1.68 bits per heavy atom. The molecular formula is C25H48O4Si2. The summed E-state index contributed by atoms with van der Waals surface area (Å²) in [5.74, 6) is -0.298. The van der Waals surface area contributed by atoms with Crippen LogP contribution in [0.3, 0.4) is 0 Å². The van der Waals surface area contributed by atoms with Crippen molar-refractivity contribution >= 4 is 22.6 Å². The van der Waals surface area contributed by atoms with Gasteiger partial charge in [-0.05, 0) is 61.1 Å². The van der Waals surface area contributed by atoms with Crippen molar-refractivity contribution in [2.45, 2.75) is 123 Å². The number of ether oxygens (including phenoxy) is 1. The van der Waals surface area contributed by atoms with Gasteiger partial charge in [-0.2, -0.15) is 0 Å². The highest BCUT2D eigenvalue weighted by molar-refractivity contribution is 6.74. The van der Waals surface area contributed by atoms with Gasteiger partial charge in [-0.1, -0.05) is 66.5 Å². The first-order chi connectivity index (χ1) is 13.9. The van der Waals surface area contributed by atoms with Crippen molar-refractivity contribution in [1.82, 2.24) is 0 Å². The first-order valence-electron chi connectivity index (χ1n) is 11.8. The van der Waals surface area contributed by atoms with Crippen molar-refractivity contribution in [3.8, 4) is 0 Å². The SMILES string of the molecule is CCCC=C1[C@@H](O[Si](C)(C)C(C)(C)C)CC(=CC(=O)OC)C[C@H]1O[Si](C)(C)C(C)(C)C. The lowest BCUT2D eigenvalue weighted by Gasteiger charge is -2.46. The molecule has 0 unspecified atom stereocenters. The van der Waals surface area contributed by atoms with Crippen LogP contribution in [-0.4, -0.2) is 41.9 Å². The second-order valence-corrected chi connectivity index (χ2v) is 21.5. The first-order valence-corrected chi connectivity index (χ1v) is 17.6. The summed E-state index contributed by atoms with van der Waals surface area (Å²) < 4.78 is 18.8. The molecule has 1 aliphatic rings. The van der Waals surface area contributed by atoms with Gasteiger partial charge >= 0.3 is 5.97 Å². The van der Waals surface area contributed by atoms with E-state index in [9.17, 15) is 4.79 Å². The lowest BCUT2D eigenvalue weighted by atomic mass is 9.85. The van der Waals surface area contributed by atoms with Gasteiger partial charge in [-0.25, -0.2) is 4.79 Å². The second-order valence-electron chi connectivity index (χ2n) is 12.0. The molecule has 0 aromatic rings. The zero-order valence-electron chi connectivity index (χ0n) is 22.3. The molecule has 0 aromatic heterocycles. The Balaban J connectivity index is 3.45. The Kier molecular flexibility index (Phi) is 9.59. The molecule has 0 aromatic carbocycles. The largest absolute Gasteiger partial charge is 0.466 e. The molecule has 0 spiro atoms. The summed E-state index contributed by atoms with van der Waals surface area (Å²) in [6.07, 6.45) is 7.47. The van der Waals surface area contributed by atoms with Crippen LogP contribution in [0.15, 0.2) is 23.3 Å². The number of hydrogen-bond donors (Lipinski definition) is 0. The number of hydrogen-bond acceptors (Lipinski definition) is 4. The maximum atomic E-state index is 12.1. The summed E-state index contributed by atoms with van der Waals surface area (Å²) in [7, 11) is -2.58. The van der Waals surface area contributed by atoms with Crippen LogP contribution < -0.4 is 0 Å². The Labute approximate surface area is 194 Å². The first kappa shape index (κ1) is 28.3. The summed E-state index contributed by atoms with van der Waals surface area (Å²) in [6, 6.07) is 0. The molecule has 0 N–H and O–H groups in total. The molecule has 1 aliphatic carbocycles. The molecule has 0 bridgehead atoms. The van der Waals surface area contributed by atoms with Gasteiger partial charge in [0.15, 0.2) is 16.6 Å². The van der Waals surface area contributed by atoms with Crippen LogP contribution in [0.2, 0.25) is 36.3 Å². The molecule has 4 nitrogen and oxygen atoms in total. The van der Waals surface area contributed by atoms with Crippen LogP contribution in [0, 0.1) is 0 Å². The number of allylic oxidation sites excluding steroid dienone is 1. The predicted octanol–water partition coefficient (Wildman–Crippen LogP) is 7.39. The third-order valence-electron chi connectivity index (χ3n) is 7.32. The minimum Gasteiger partial charge on any atom is -0.466 e. The van der Waals surface area contributed by atoms with E-state index in [4.69, 9.17) is 13.6 Å². The number of carbonyl (C=O) groups is 1. The van der Waals surface area contributed by atoms with Crippen molar-refractivity contribution < 1.29 is 18.4 Å². The fourth-order valence-electron chi connectivity index (χ4n) is 3.20. The molecule has 180 valence electrons. The van der Waals surface area contributed by atoms with E-state index >= 15 is 0 Å². The quantitative estimate of drug-likeness (QED) is 0.169. The molecule has 0 radical (unpaired) electrons. The third kappa shape index (κ3) is 7.69. The zero-order valence-corrected chi connectivity index (χ0v) is 24.3. The predicted molar refractivity (Wildman–Crippen MR) is 136 cm³/mol. The maximum Gasteiger partial charge on any atom is 0.330 e. The van der Waals surface area contributed by atoms with E-state index in [1.54, 1.807) is 6.08 Å². The van der Waals surface area contributed by atoms with Gasteiger partial charge in [0.05, 0.1) is 19.3 Å². The fourth-order valence-corrected chi connectivity index (χ4v) is 5.77. The van der Waals surface area contributed by atoms with Gasteiger partial charge in [-0.15, -0.1) is 0 Å². The summed E-state index contributed by atoms with van der Waals surface area (Å²) in [4.78, 5) is 12.1. The van der Waals surface area contributed by atoms with Crippen molar-refractivity contribution in [3.05, 3.63) is 23.3 Å². The second kappa shape index (κ2) is 10.5. The zero-order chi connectivity index (χ0) is 24.3. The van der Waals surface area contributed by atoms with Crippen LogP contribution in [0.4, 0.5) is 0 Å². The normalized spacial score (nSPS) is 24.0. The van der Waals surface area contributed by atoms with E-state index in [0.717, 1.165) is 31.3 Å². The molecule has 0 heterocycles. The van der Waals surface area contributed by atoms with E-state index in [0.29, 0.717) is 0 Å². The number of unbranched alkanes of at least 4 members (excludes halogenated alkanes) is 1. The van der Waals surface area contributed by atoms with Crippen molar-refractivity contribution in [2.24, 2.45) is 0 Å². The summed E-state index contributed by atoms with van der Waals surface area (Å²) in [6.45, 7) is 25.0. The fraction of sp³-hybridized carbons (Fsp3) is 0.800. The maximum absolute atomic E-state index is 12.1. The highest BCUT2D eigenvalue weighted by Gasteiger charge is 2.45. The van der Waals surface area contributed by atoms with Gasteiger partial charge in [-0.3, -0.25) is 0 Å². The minimum absolute atomic E-state index is 0.0492. The Morgan fingerprint density at radius 1 is 0.935 bits per heavy atom. The standard InChI is InChI=1S/C25H48O4Si2/c1-13-14-15-20-21(28-30(9,10)24(2,3)4)16-19(18-23(26)27-8)17-22(20)29-31(11,12)25(5,6)7/h15,18,21-22H,13-14,16-17H2,1-12H3/t21-,22+. The van der Waals surface area contributed by atoms with E-state index < -0.39 is 16.6 Å². The molecule has 6 heteroatoms. The van der Waals surface area contributed by atoms with Gasteiger partial charge in [0.2, 0.25) is 0 Å². The molecular weight excluding hydrogens is 420 g/mol. The molecule has 1 rings (SSSR count). The summed E-state index contributed by atoms with van der Waals surface area (Å²) in [5, 5.41) is 0.227. The number of methoxy groups -OCH3 is 1. The molecule has 1 saturated carbocycles. The summed E-state index contributed by atoms with van der Waals surface area (Å²) >= 11 is 0. The molecule has 1 fully saturated rings. The third-order valence-corrected chi connectivity index (χ3v) is 16.3. The Hall–Kier alpha value is -0.696. The molecule has 0 aliphatic heterocycles. The lowest BCUT2D eigenvalue weighted by Crippen LogP contribution is -2.50. The van der Waals surface area contributed by atoms with E-state index in [2.05, 4.69) is 80.7 Å². The van der Waals surface area contributed by atoms with Gasteiger partial charge in [0, 0.05) is 6.08 Å². The molecule has 31 heavy (non-hydrogen) atoms. The van der Waals surface area contributed by atoms with Crippen LogP contribution in [0.1, 0.15) is 74.1 Å². The molecule has 0 saturated heterocycles. The highest BCUT2D eigenvalue weighted by atomic mass is 28.4.